The summed E-state index contributed by atoms with van der Waals surface area (Å²) in [5, 5.41) is 2.97. The van der Waals surface area contributed by atoms with E-state index in [0.717, 1.165) is 16.9 Å². The van der Waals surface area contributed by atoms with Gasteiger partial charge in [0.1, 0.15) is 5.75 Å². The van der Waals surface area contributed by atoms with E-state index in [0.29, 0.717) is 6.54 Å². The molecule has 0 aromatic heterocycles. The van der Waals surface area contributed by atoms with Crippen molar-refractivity contribution in [3.63, 3.8) is 0 Å². The number of likely N-dealkylation sites (N-methyl/N-ethyl adjacent to an activating group) is 1. The Kier molecular flexibility index (Phi) is 6.78. The van der Waals surface area contributed by atoms with Crippen LogP contribution in [-0.2, 0) is 4.79 Å². The molecule has 0 saturated carbocycles. The summed E-state index contributed by atoms with van der Waals surface area (Å²) in [6, 6.07) is 16.1. The second kappa shape index (κ2) is 9.04. The molecule has 2 aromatic carbocycles. The standard InChI is InChI=1S/C21H26N2O2/c1-16-5-7-17(8-6-16)9-14-21(24)22-15-20(23(2)3)18-10-12-19(25-4)13-11-18/h5-14,20H,15H2,1-4H3,(H,22,24)/b14-9+. The smallest absolute Gasteiger partial charge is 0.244 e. The van der Waals surface area contributed by atoms with Gasteiger partial charge in [-0.2, -0.15) is 0 Å². The first kappa shape index (κ1) is 18.7. The highest BCUT2D eigenvalue weighted by molar-refractivity contribution is 5.91. The lowest BCUT2D eigenvalue weighted by Gasteiger charge is -2.25. The van der Waals surface area contributed by atoms with E-state index < -0.39 is 0 Å². The number of benzene rings is 2. The molecule has 0 aliphatic rings. The molecule has 0 bridgehead atoms. The zero-order chi connectivity index (χ0) is 18.2. The fraction of sp³-hybridized carbons (Fsp3) is 0.286. The van der Waals surface area contributed by atoms with Crippen LogP contribution in [0.1, 0.15) is 22.7 Å². The molecule has 4 heteroatoms. The summed E-state index contributed by atoms with van der Waals surface area (Å²) in [4.78, 5) is 14.2. The van der Waals surface area contributed by atoms with E-state index in [-0.39, 0.29) is 11.9 Å². The number of carbonyl (C=O) groups excluding carboxylic acids is 1. The number of nitrogens with one attached hydrogen (secondary N) is 1. The Morgan fingerprint density at radius 3 is 2.32 bits per heavy atom. The molecule has 0 heterocycles. The van der Waals surface area contributed by atoms with E-state index in [4.69, 9.17) is 4.74 Å². The minimum Gasteiger partial charge on any atom is -0.497 e. The molecule has 0 radical (unpaired) electrons. The van der Waals surface area contributed by atoms with Crippen molar-refractivity contribution in [1.82, 2.24) is 10.2 Å². The van der Waals surface area contributed by atoms with Crippen molar-refractivity contribution >= 4 is 12.0 Å². The molecule has 25 heavy (non-hydrogen) atoms. The predicted molar refractivity (Wildman–Crippen MR) is 103 cm³/mol. The van der Waals surface area contributed by atoms with Crippen LogP contribution >= 0.6 is 0 Å². The van der Waals surface area contributed by atoms with Gasteiger partial charge in [0.15, 0.2) is 0 Å². The highest BCUT2D eigenvalue weighted by atomic mass is 16.5. The van der Waals surface area contributed by atoms with Crippen molar-refractivity contribution in [2.45, 2.75) is 13.0 Å². The van der Waals surface area contributed by atoms with Gasteiger partial charge in [0.25, 0.3) is 0 Å². The highest BCUT2D eigenvalue weighted by Crippen LogP contribution is 2.20. The molecule has 0 aliphatic heterocycles. The molecule has 2 aromatic rings. The van der Waals surface area contributed by atoms with Gasteiger partial charge in [0.05, 0.1) is 13.2 Å². The summed E-state index contributed by atoms with van der Waals surface area (Å²) in [6.07, 6.45) is 3.40. The number of carbonyl (C=O) groups is 1. The minimum atomic E-state index is -0.0964. The second-order valence-corrected chi connectivity index (χ2v) is 6.24. The maximum Gasteiger partial charge on any atom is 0.244 e. The number of nitrogens with zero attached hydrogens (tertiary/aromatic N) is 1. The van der Waals surface area contributed by atoms with Gasteiger partial charge in [-0.1, -0.05) is 42.0 Å². The van der Waals surface area contributed by atoms with Crippen molar-refractivity contribution in [1.29, 1.82) is 0 Å². The molecular formula is C21H26N2O2. The highest BCUT2D eigenvalue weighted by Gasteiger charge is 2.14. The Morgan fingerprint density at radius 1 is 1.12 bits per heavy atom. The lowest BCUT2D eigenvalue weighted by atomic mass is 10.1. The molecule has 0 fully saturated rings. The molecule has 1 atom stereocenters. The van der Waals surface area contributed by atoms with Crippen LogP contribution in [0.5, 0.6) is 5.75 Å². The average Bonchev–Trinajstić information content (AvgIpc) is 2.61. The van der Waals surface area contributed by atoms with Gasteiger partial charge < -0.3 is 15.0 Å². The van der Waals surface area contributed by atoms with Crippen LogP contribution in [0.25, 0.3) is 6.08 Å². The van der Waals surface area contributed by atoms with Crippen LogP contribution in [0.2, 0.25) is 0 Å². The number of hydrogen-bond donors (Lipinski definition) is 1. The maximum absolute atomic E-state index is 12.1. The molecular weight excluding hydrogens is 312 g/mol. The van der Waals surface area contributed by atoms with E-state index in [1.165, 1.54) is 5.56 Å². The molecule has 1 N–H and O–H groups in total. The third-order valence-corrected chi connectivity index (χ3v) is 4.10. The number of methoxy groups -OCH3 is 1. The lowest BCUT2D eigenvalue weighted by molar-refractivity contribution is -0.116. The Bertz CT molecular complexity index is 704. The summed E-state index contributed by atoms with van der Waals surface area (Å²) in [7, 11) is 5.66. The largest absolute Gasteiger partial charge is 0.497 e. The van der Waals surface area contributed by atoms with E-state index in [1.807, 2.05) is 75.6 Å². The van der Waals surface area contributed by atoms with Gasteiger partial charge in [-0.25, -0.2) is 0 Å². The van der Waals surface area contributed by atoms with Crippen LogP contribution in [0, 0.1) is 6.92 Å². The number of ether oxygens (including phenoxy) is 1. The van der Waals surface area contributed by atoms with E-state index in [1.54, 1.807) is 13.2 Å². The number of rotatable bonds is 7. The van der Waals surface area contributed by atoms with Crippen LogP contribution < -0.4 is 10.1 Å². The number of amides is 1. The summed E-state index contributed by atoms with van der Waals surface area (Å²) >= 11 is 0. The zero-order valence-electron chi connectivity index (χ0n) is 15.3. The lowest BCUT2D eigenvalue weighted by Crippen LogP contribution is -2.33. The molecule has 1 unspecified atom stereocenters. The van der Waals surface area contributed by atoms with E-state index in [9.17, 15) is 4.79 Å². The Morgan fingerprint density at radius 2 is 1.76 bits per heavy atom. The number of aryl methyl sites for hydroxylation is 1. The van der Waals surface area contributed by atoms with E-state index in [2.05, 4.69) is 10.2 Å². The molecule has 0 saturated heterocycles. The molecule has 132 valence electrons. The fourth-order valence-electron chi connectivity index (χ4n) is 2.53. The topological polar surface area (TPSA) is 41.6 Å². The third kappa shape index (κ3) is 5.76. The first-order chi connectivity index (χ1) is 12.0. The summed E-state index contributed by atoms with van der Waals surface area (Å²) < 4.78 is 5.20. The quantitative estimate of drug-likeness (QED) is 0.787. The molecule has 0 spiro atoms. The molecule has 0 aliphatic carbocycles. The fourth-order valence-corrected chi connectivity index (χ4v) is 2.53. The zero-order valence-corrected chi connectivity index (χ0v) is 15.3. The molecule has 1 amide bonds. The van der Waals surface area contributed by atoms with E-state index >= 15 is 0 Å². The number of hydrogen-bond acceptors (Lipinski definition) is 3. The van der Waals surface area contributed by atoms with Crippen molar-refractivity contribution in [2.24, 2.45) is 0 Å². The molecule has 4 nitrogen and oxygen atoms in total. The predicted octanol–water partition coefficient (Wildman–Crippen LogP) is 3.44. The third-order valence-electron chi connectivity index (χ3n) is 4.10. The Labute approximate surface area is 150 Å². The Balaban J connectivity index is 1.95. The Hall–Kier alpha value is -2.59. The second-order valence-electron chi connectivity index (χ2n) is 6.24. The van der Waals surface area contributed by atoms with Gasteiger partial charge >= 0.3 is 0 Å². The first-order valence-electron chi connectivity index (χ1n) is 8.32. The van der Waals surface area contributed by atoms with Gasteiger partial charge in [-0.15, -0.1) is 0 Å². The summed E-state index contributed by atoms with van der Waals surface area (Å²) in [5.41, 5.74) is 3.35. The monoisotopic (exact) mass is 338 g/mol. The van der Waals surface area contributed by atoms with Crippen molar-refractivity contribution < 1.29 is 9.53 Å². The van der Waals surface area contributed by atoms with Crippen molar-refractivity contribution in [3.8, 4) is 5.75 Å². The SMILES string of the molecule is COc1ccc(C(CNC(=O)/C=C/c2ccc(C)cc2)N(C)C)cc1. The van der Waals surface area contributed by atoms with Crippen LogP contribution in [0.15, 0.2) is 54.6 Å². The van der Waals surface area contributed by atoms with Crippen molar-refractivity contribution in [2.75, 3.05) is 27.7 Å². The summed E-state index contributed by atoms with van der Waals surface area (Å²) in [5.74, 6) is 0.729. The minimum absolute atomic E-state index is 0.0964. The van der Waals surface area contributed by atoms with Gasteiger partial charge in [0.2, 0.25) is 5.91 Å². The van der Waals surface area contributed by atoms with Gasteiger partial charge in [0, 0.05) is 12.6 Å². The first-order valence-corrected chi connectivity index (χ1v) is 8.32. The summed E-state index contributed by atoms with van der Waals surface area (Å²) in [6.45, 7) is 2.58. The van der Waals surface area contributed by atoms with Gasteiger partial charge in [-0.05, 0) is 50.4 Å². The van der Waals surface area contributed by atoms with Crippen LogP contribution in [-0.4, -0.2) is 38.6 Å². The van der Waals surface area contributed by atoms with Crippen LogP contribution in [0.3, 0.4) is 0 Å². The normalized spacial score (nSPS) is 12.4. The maximum atomic E-state index is 12.1. The van der Waals surface area contributed by atoms with Gasteiger partial charge in [-0.3, -0.25) is 4.79 Å². The van der Waals surface area contributed by atoms with Crippen molar-refractivity contribution in [3.05, 3.63) is 71.3 Å². The average molecular weight is 338 g/mol. The van der Waals surface area contributed by atoms with Crippen LogP contribution in [0.4, 0.5) is 0 Å². The molecule has 2 rings (SSSR count).